The van der Waals surface area contributed by atoms with E-state index in [4.69, 9.17) is 0 Å². The Morgan fingerprint density at radius 3 is 2.39 bits per heavy atom. The Morgan fingerprint density at radius 1 is 1.05 bits per heavy atom. The largest absolute Gasteiger partial charge is 0.480 e. The number of aryl methyl sites for hydroxylation is 1. The normalized spacial score (nSPS) is 16.1. The van der Waals surface area contributed by atoms with Crippen LogP contribution < -0.4 is 5.32 Å². The van der Waals surface area contributed by atoms with E-state index < -0.39 is 31.2 Å². The number of carbonyl (C=O) groups is 3. The number of aliphatic carboxylic acids is 1. The maximum Gasteiger partial charge on any atom is 0.326 e. The zero-order chi connectivity index (χ0) is 27.7. The highest BCUT2D eigenvalue weighted by Gasteiger charge is 2.32. The second-order valence-electron chi connectivity index (χ2n) is 10.6. The van der Waals surface area contributed by atoms with Crippen molar-refractivity contribution in [2.75, 3.05) is 18.9 Å². The Balaban J connectivity index is 1.57. The van der Waals surface area contributed by atoms with Crippen LogP contribution in [0.15, 0.2) is 54.6 Å². The lowest BCUT2D eigenvalue weighted by Crippen LogP contribution is -2.45. The number of carboxylic acid groups (broad SMARTS) is 1. The number of benzene rings is 2. The van der Waals surface area contributed by atoms with Gasteiger partial charge in [0, 0.05) is 36.9 Å². The second-order valence-corrected chi connectivity index (χ2v) is 13.1. The van der Waals surface area contributed by atoms with Crippen LogP contribution in [0.5, 0.6) is 0 Å². The molecule has 0 spiro atoms. The van der Waals surface area contributed by atoms with Crippen LogP contribution in [0.2, 0.25) is 0 Å². The lowest BCUT2D eigenvalue weighted by Gasteiger charge is -2.23. The summed E-state index contributed by atoms with van der Waals surface area (Å²) >= 11 is 0. The van der Waals surface area contributed by atoms with E-state index in [9.17, 15) is 28.9 Å². The van der Waals surface area contributed by atoms with Crippen molar-refractivity contribution in [1.29, 1.82) is 0 Å². The summed E-state index contributed by atoms with van der Waals surface area (Å²) < 4.78 is 13.2. The molecule has 38 heavy (non-hydrogen) atoms. The van der Waals surface area contributed by atoms with Gasteiger partial charge in [-0.05, 0) is 55.2 Å². The summed E-state index contributed by atoms with van der Waals surface area (Å²) in [4.78, 5) is 49.9. The molecule has 3 N–H and O–H groups in total. The topological polar surface area (TPSA) is 124 Å². The van der Waals surface area contributed by atoms with Gasteiger partial charge >= 0.3 is 5.97 Å². The number of fused-ring (bicyclic) bond motifs is 1. The molecule has 0 aromatic heterocycles. The first-order chi connectivity index (χ1) is 18.1. The van der Waals surface area contributed by atoms with Gasteiger partial charge in [-0.3, -0.25) is 14.2 Å². The third-order valence-electron chi connectivity index (χ3n) is 6.90. The van der Waals surface area contributed by atoms with Gasteiger partial charge < -0.3 is 20.2 Å². The molecule has 0 bridgehead atoms. The van der Waals surface area contributed by atoms with Crippen LogP contribution in [0.25, 0.3) is 0 Å². The van der Waals surface area contributed by atoms with Gasteiger partial charge in [0.15, 0.2) is 0 Å². The number of nitrogens with zero attached hydrogens (tertiary/aromatic N) is 1. The van der Waals surface area contributed by atoms with Gasteiger partial charge in [0.05, 0.1) is 0 Å². The molecule has 0 saturated heterocycles. The summed E-state index contributed by atoms with van der Waals surface area (Å²) in [5.41, 5.74) is 2.71. The van der Waals surface area contributed by atoms with Crippen LogP contribution in [-0.2, 0) is 27.1 Å². The van der Waals surface area contributed by atoms with Crippen LogP contribution in [-0.4, -0.2) is 57.6 Å². The molecule has 1 heterocycles. The number of hydrogen-bond donors (Lipinski definition) is 3. The van der Waals surface area contributed by atoms with E-state index in [0.717, 1.165) is 11.1 Å². The smallest absolute Gasteiger partial charge is 0.326 e. The molecule has 0 saturated carbocycles. The average molecular weight is 543 g/mol. The lowest BCUT2D eigenvalue weighted by atomic mass is 9.98. The van der Waals surface area contributed by atoms with E-state index in [2.05, 4.69) is 5.32 Å². The molecular formula is C29H39N2O6P. The van der Waals surface area contributed by atoms with Gasteiger partial charge in [0.25, 0.3) is 5.91 Å². The highest BCUT2D eigenvalue weighted by atomic mass is 31.2. The number of rotatable bonds is 15. The SMILES string of the molecule is CC(C)C[C@H](NC(=O)C(CCc1ccccc1)CP(=O)(O)CCCCN1Cc2ccccc2C1=O)C(=O)O. The van der Waals surface area contributed by atoms with Crippen molar-refractivity contribution in [2.24, 2.45) is 11.8 Å². The summed E-state index contributed by atoms with van der Waals surface area (Å²) in [6, 6.07) is 16.0. The van der Waals surface area contributed by atoms with Crippen molar-refractivity contribution < 1.29 is 28.9 Å². The summed E-state index contributed by atoms with van der Waals surface area (Å²) in [6.45, 7) is 4.81. The van der Waals surface area contributed by atoms with E-state index in [1.54, 1.807) is 4.90 Å². The molecule has 2 amide bonds. The summed E-state index contributed by atoms with van der Waals surface area (Å²) in [7, 11) is -3.67. The standard InChI is InChI=1S/C29H39N2O6P/c1-21(2)18-26(29(34)35)30-27(32)24(15-14-22-10-4-3-5-11-22)20-38(36,37)17-9-8-16-31-19-23-12-6-7-13-25(23)28(31)33/h3-7,10-13,21,24,26H,8-9,14-20H2,1-2H3,(H,30,32)(H,34,35)(H,36,37)/t24?,26-/m0/s1. The number of unbranched alkanes of at least 4 members (excludes halogenated alkanes) is 1. The summed E-state index contributed by atoms with van der Waals surface area (Å²) in [5.74, 6) is -2.34. The Labute approximate surface area is 224 Å². The van der Waals surface area contributed by atoms with Gasteiger partial charge in [-0.1, -0.05) is 62.4 Å². The monoisotopic (exact) mass is 542 g/mol. The first kappa shape index (κ1) is 29.6. The molecule has 8 nitrogen and oxygen atoms in total. The minimum atomic E-state index is -3.67. The molecule has 206 valence electrons. The van der Waals surface area contributed by atoms with E-state index in [-0.39, 0.29) is 30.6 Å². The van der Waals surface area contributed by atoms with E-state index in [0.29, 0.717) is 44.3 Å². The van der Waals surface area contributed by atoms with E-state index in [1.165, 1.54) is 0 Å². The van der Waals surface area contributed by atoms with E-state index in [1.807, 2.05) is 68.4 Å². The van der Waals surface area contributed by atoms with Crippen molar-refractivity contribution in [3.63, 3.8) is 0 Å². The molecule has 0 aliphatic carbocycles. The molecule has 2 aromatic rings. The third kappa shape index (κ3) is 8.81. The van der Waals surface area contributed by atoms with Crippen molar-refractivity contribution in [3.8, 4) is 0 Å². The Kier molecular flexibility index (Phi) is 10.7. The fourth-order valence-electron chi connectivity index (χ4n) is 4.87. The van der Waals surface area contributed by atoms with Crippen LogP contribution >= 0.6 is 7.37 Å². The second kappa shape index (κ2) is 13.7. The molecule has 2 aromatic carbocycles. The van der Waals surface area contributed by atoms with Gasteiger partial charge in [-0.15, -0.1) is 0 Å². The van der Waals surface area contributed by atoms with Gasteiger partial charge in [0.1, 0.15) is 6.04 Å². The van der Waals surface area contributed by atoms with Crippen LogP contribution in [0.1, 0.15) is 61.0 Å². The highest BCUT2D eigenvalue weighted by Crippen LogP contribution is 2.44. The first-order valence-electron chi connectivity index (χ1n) is 13.3. The molecule has 0 radical (unpaired) electrons. The predicted molar refractivity (Wildman–Crippen MR) is 147 cm³/mol. The maximum atomic E-state index is 13.2. The molecule has 1 aliphatic heterocycles. The molecule has 3 atom stereocenters. The van der Waals surface area contributed by atoms with Crippen LogP contribution in [0.3, 0.4) is 0 Å². The van der Waals surface area contributed by atoms with Gasteiger partial charge in [-0.2, -0.15) is 0 Å². The summed E-state index contributed by atoms with van der Waals surface area (Å²) in [6.07, 6.45) is 2.04. The number of carboxylic acids is 1. The average Bonchev–Trinajstić information content (AvgIpc) is 3.19. The Morgan fingerprint density at radius 2 is 1.74 bits per heavy atom. The predicted octanol–water partition coefficient (Wildman–Crippen LogP) is 4.56. The molecule has 2 unspecified atom stereocenters. The fourth-order valence-corrected chi connectivity index (χ4v) is 6.80. The number of carbonyl (C=O) groups excluding carboxylic acids is 2. The summed E-state index contributed by atoms with van der Waals surface area (Å²) in [5, 5.41) is 12.2. The Hall–Kier alpha value is -2.96. The minimum Gasteiger partial charge on any atom is -0.480 e. The van der Waals surface area contributed by atoms with Crippen molar-refractivity contribution in [2.45, 2.75) is 58.5 Å². The number of hydrogen-bond acceptors (Lipinski definition) is 4. The molecule has 9 heteroatoms. The maximum absolute atomic E-state index is 13.2. The molecule has 3 rings (SSSR count). The number of amides is 2. The lowest BCUT2D eigenvalue weighted by molar-refractivity contribution is -0.142. The third-order valence-corrected chi connectivity index (χ3v) is 8.93. The van der Waals surface area contributed by atoms with E-state index >= 15 is 0 Å². The Bertz CT molecular complexity index is 1150. The first-order valence-corrected chi connectivity index (χ1v) is 15.3. The highest BCUT2D eigenvalue weighted by molar-refractivity contribution is 7.58. The number of nitrogens with one attached hydrogen (secondary N) is 1. The fraction of sp³-hybridized carbons (Fsp3) is 0.483. The quantitative estimate of drug-likeness (QED) is 0.224. The molecule has 0 fully saturated rings. The van der Waals surface area contributed by atoms with Crippen LogP contribution in [0, 0.1) is 11.8 Å². The van der Waals surface area contributed by atoms with Crippen molar-refractivity contribution in [3.05, 3.63) is 71.3 Å². The van der Waals surface area contributed by atoms with Crippen molar-refractivity contribution in [1.82, 2.24) is 10.2 Å². The minimum absolute atomic E-state index is 0.0141. The van der Waals surface area contributed by atoms with Crippen LogP contribution in [0.4, 0.5) is 0 Å². The zero-order valence-electron chi connectivity index (χ0n) is 22.2. The van der Waals surface area contributed by atoms with Gasteiger partial charge in [-0.25, -0.2) is 4.79 Å². The molecular weight excluding hydrogens is 503 g/mol. The zero-order valence-corrected chi connectivity index (χ0v) is 23.1. The van der Waals surface area contributed by atoms with Gasteiger partial charge in [0.2, 0.25) is 13.3 Å². The molecule has 1 aliphatic rings. The van der Waals surface area contributed by atoms with Crippen molar-refractivity contribution >= 4 is 25.2 Å².